The average Bonchev–Trinajstić information content (AvgIpc) is 3.27. The Hall–Kier alpha value is -3.55. The van der Waals surface area contributed by atoms with Crippen LogP contribution in [0.3, 0.4) is 0 Å². The van der Waals surface area contributed by atoms with E-state index in [1.165, 1.54) is 0 Å². The van der Waals surface area contributed by atoms with Crippen LogP contribution < -0.4 is 19.9 Å². The van der Waals surface area contributed by atoms with Gasteiger partial charge < -0.3 is 24.3 Å². The summed E-state index contributed by atoms with van der Waals surface area (Å²) >= 11 is 0. The number of fused-ring (bicyclic) bond motifs is 2. The zero-order valence-corrected chi connectivity index (χ0v) is 17.3. The molecule has 0 radical (unpaired) electrons. The number of hydrogen-bond acceptors (Lipinski definition) is 6. The quantitative estimate of drug-likeness (QED) is 0.701. The molecule has 0 spiro atoms. The number of nitrogens with zero attached hydrogens (tertiary/aromatic N) is 3. The first-order valence-corrected chi connectivity index (χ1v) is 10.5. The van der Waals surface area contributed by atoms with Crippen LogP contribution in [0, 0.1) is 5.92 Å². The highest BCUT2D eigenvalue weighted by atomic mass is 16.5. The van der Waals surface area contributed by atoms with Crippen LogP contribution in [0.15, 0.2) is 52.9 Å². The van der Waals surface area contributed by atoms with Gasteiger partial charge >= 0.3 is 0 Å². The fourth-order valence-electron chi connectivity index (χ4n) is 4.27. The Morgan fingerprint density at radius 2 is 1.81 bits per heavy atom. The van der Waals surface area contributed by atoms with Crippen molar-refractivity contribution < 1.29 is 18.7 Å². The summed E-state index contributed by atoms with van der Waals surface area (Å²) in [6.07, 6.45) is 0.674. The lowest BCUT2D eigenvalue weighted by atomic mass is 9.94. The number of hydrogen-bond donors (Lipinski definition) is 1. The molecule has 1 N–H and O–H groups in total. The number of anilines is 2. The highest BCUT2D eigenvalue weighted by Gasteiger charge is 2.37. The molecule has 3 aromatic rings. The SMILES string of the molecule is CNC(=O)[C@@H]1CN(C(=O)C2CCN(c3nc4ccccc4o3)CC2)c2ccccc2O1. The second-order valence-electron chi connectivity index (χ2n) is 7.86. The number of para-hydroxylation sites is 4. The van der Waals surface area contributed by atoms with Gasteiger partial charge in [-0.1, -0.05) is 24.3 Å². The summed E-state index contributed by atoms with van der Waals surface area (Å²) in [4.78, 5) is 34.0. The summed E-state index contributed by atoms with van der Waals surface area (Å²) in [7, 11) is 1.57. The van der Waals surface area contributed by atoms with Crippen LogP contribution in [0.5, 0.6) is 5.75 Å². The largest absolute Gasteiger partial charge is 0.477 e. The van der Waals surface area contributed by atoms with Crippen LogP contribution in [0.4, 0.5) is 11.7 Å². The van der Waals surface area contributed by atoms with E-state index in [2.05, 4.69) is 15.2 Å². The van der Waals surface area contributed by atoms with Gasteiger partial charge in [-0.25, -0.2) is 0 Å². The van der Waals surface area contributed by atoms with Gasteiger partial charge in [-0.3, -0.25) is 9.59 Å². The van der Waals surface area contributed by atoms with Crippen molar-refractivity contribution in [2.24, 2.45) is 5.92 Å². The summed E-state index contributed by atoms with van der Waals surface area (Å²) < 4.78 is 11.7. The molecule has 1 atom stereocenters. The molecule has 0 bridgehead atoms. The molecule has 31 heavy (non-hydrogen) atoms. The van der Waals surface area contributed by atoms with Crippen molar-refractivity contribution in [3.63, 3.8) is 0 Å². The van der Waals surface area contributed by atoms with Gasteiger partial charge in [-0.2, -0.15) is 4.98 Å². The number of carbonyl (C=O) groups is 2. The molecule has 8 heteroatoms. The van der Waals surface area contributed by atoms with Gasteiger partial charge in [0.05, 0.1) is 12.2 Å². The van der Waals surface area contributed by atoms with Crippen molar-refractivity contribution in [1.82, 2.24) is 10.3 Å². The Morgan fingerprint density at radius 1 is 1.06 bits per heavy atom. The van der Waals surface area contributed by atoms with E-state index in [0.29, 0.717) is 43.4 Å². The maximum Gasteiger partial charge on any atom is 0.298 e. The smallest absolute Gasteiger partial charge is 0.298 e. The molecule has 2 aliphatic rings. The van der Waals surface area contributed by atoms with Crippen LogP contribution in [0.25, 0.3) is 11.1 Å². The van der Waals surface area contributed by atoms with E-state index >= 15 is 0 Å². The van der Waals surface area contributed by atoms with Gasteiger partial charge in [0.15, 0.2) is 11.7 Å². The number of amides is 2. The van der Waals surface area contributed by atoms with Crippen LogP contribution in [0.1, 0.15) is 12.8 Å². The first kappa shape index (κ1) is 19.4. The van der Waals surface area contributed by atoms with Gasteiger partial charge in [-0.05, 0) is 37.1 Å². The van der Waals surface area contributed by atoms with Gasteiger partial charge in [0.1, 0.15) is 11.3 Å². The average molecular weight is 420 g/mol. The summed E-state index contributed by atoms with van der Waals surface area (Å²) in [6.45, 7) is 1.59. The molecule has 2 aliphatic heterocycles. The molecule has 0 aliphatic carbocycles. The minimum Gasteiger partial charge on any atom is -0.477 e. The zero-order valence-electron chi connectivity index (χ0n) is 17.3. The molecule has 1 fully saturated rings. The molecule has 2 aromatic carbocycles. The van der Waals surface area contributed by atoms with Crippen molar-refractivity contribution in [3.8, 4) is 5.75 Å². The summed E-state index contributed by atoms with van der Waals surface area (Å²) in [6, 6.07) is 15.7. The highest BCUT2D eigenvalue weighted by molar-refractivity contribution is 5.98. The van der Waals surface area contributed by atoms with Crippen molar-refractivity contribution in [2.75, 3.05) is 36.5 Å². The Morgan fingerprint density at radius 3 is 2.58 bits per heavy atom. The predicted molar refractivity (Wildman–Crippen MR) is 116 cm³/mol. The number of carbonyl (C=O) groups excluding carboxylic acids is 2. The fraction of sp³-hybridized carbons (Fsp3) is 0.348. The van der Waals surface area contributed by atoms with Gasteiger partial charge in [0, 0.05) is 26.1 Å². The predicted octanol–water partition coefficient (Wildman–Crippen LogP) is 2.58. The summed E-state index contributed by atoms with van der Waals surface area (Å²) in [5.41, 5.74) is 2.32. The molecular formula is C23H24N4O4. The molecule has 1 aromatic heterocycles. The van der Waals surface area contributed by atoms with Crippen LogP contribution in [-0.4, -0.2) is 49.6 Å². The van der Waals surface area contributed by atoms with Crippen molar-refractivity contribution in [2.45, 2.75) is 18.9 Å². The van der Waals surface area contributed by atoms with E-state index < -0.39 is 6.10 Å². The third-order valence-corrected chi connectivity index (χ3v) is 5.98. The maximum absolute atomic E-state index is 13.4. The Bertz CT molecular complexity index is 1090. The minimum atomic E-state index is -0.719. The van der Waals surface area contributed by atoms with Gasteiger partial charge in [-0.15, -0.1) is 0 Å². The number of nitrogens with one attached hydrogen (secondary N) is 1. The summed E-state index contributed by atoms with van der Waals surface area (Å²) in [5, 5.41) is 2.61. The first-order chi connectivity index (χ1) is 15.1. The van der Waals surface area contributed by atoms with E-state index in [1.807, 2.05) is 42.5 Å². The van der Waals surface area contributed by atoms with Crippen LogP contribution in [0.2, 0.25) is 0 Å². The van der Waals surface area contributed by atoms with Crippen molar-refractivity contribution in [1.29, 1.82) is 0 Å². The van der Waals surface area contributed by atoms with E-state index in [-0.39, 0.29) is 24.3 Å². The molecule has 0 unspecified atom stereocenters. The number of rotatable bonds is 3. The topological polar surface area (TPSA) is 87.9 Å². The second-order valence-corrected chi connectivity index (χ2v) is 7.86. The molecule has 0 saturated carbocycles. The third-order valence-electron chi connectivity index (χ3n) is 5.98. The van der Waals surface area contributed by atoms with Gasteiger partial charge in [0.2, 0.25) is 5.91 Å². The van der Waals surface area contributed by atoms with Crippen LogP contribution in [-0.2, 0) is 9.59 Å². The number of benzene rings is 2. The monoisotopic (exact) mass is 420 g/mol. The molecule has 5 rings (SSSR count). The Balaban J connectivity index is 1.31. The lowest BCUT2D eigenvalue weighted by Crippen LogP contribution is -2.52. The highest BCUT2D eigenvalue weighted by Crippen LogP contribution is 2.35. The number of piperidine rings is 1. The number of ether oxygens (including phenoxy) is 1. The second kappa shape index (κ2) is 7.94. The number of oxazole rings is 1. The van der Waals surface area contributed by atoms with Crippen molar-refractivity contribution >= 4 is 34.6 Å². The van der Waals surface area contributed by atoms with E-state index in [9.17, 15) is 9.59 Å². The van der Waals surface area contributed by atoms with E-state index in [4.69, 9.17) is 9.15 Å². The number of likely N-dealkylation sites (N-methyl/N-ethyl adjacent to an activating group) is 1. The standard InChI is InChI=1S/C23H24N4O4/c1-24-21(28)20-14-27(17-7-3-5-9-19(17)30-20)22(29)15-10-12-26(13-11-15)23-25-16-6-2-4-8-18(16)31-23/h2-9,15,20H,10-14H2,1H3,(H,24,28)/t20-/m0/s1. The lowest BCUT2D eigenvalue weighted by Gasteiger charge is -2.38. The van der Waals surface area contributed by atoms with Gasteiger partial charge in [0.25, 0.3) is 11.9 Å². The molecule has 2 amide bonds. The first-order valence-electron chi connectivity index (χ1n) is 10.5. The number of aromatic nitrogens is 1. The zero-order chi connectivity index (χ0) is 21.4. The molecule has 8 nitrogen and oxygen atoms in total. The van der Waals surface area contributed by atoms with Crippen molar-refractivity contribution in [3.05, 3.63) is 48.5 Å². The normalized spacial score (nSPS) is 19.1. The summed E-state index contributed by atoms with van der Waals surface area (Å²) in [5.74, 6) is 0.219. The molecule has 160 valence electrons. The molecular weight excluding hydrogens is 396 g/mol. The Labute approximate surface area is 179 Å². The fourth-order valence-corrected chi connectivity index (χ4v) is 4.27. The lowest BCUT2D eigenvalue weighted by molar-refractivity contribution is -0.128. The molecule has 3 heterocycles. The molecule has 1 saturated heterocycles. The van der Waals surface area contributed by atoms with Crippen LogP contribution >= 0.6 is 0 Å². The van der Waals surface area contributed by atoms with E-state index in [0.717, 1.165) is 11.1 Å². The minimum absolute atomic E-state index is 0.0295. The van der Waals surface area contributed by atoms with E-state index in [1.54, 1.807) is 18.0 Å². The maximum atomic E-state index is 13.4. The third kappa shape index (κ3) is 3.58. The Kier molecular flexibility index (Phi) is 4.97.